The van der Waals surface area contributed by atoms with E-state index in [1.165, 1.54) is 0 Å². The summed E-state index contributed by atoms with van der Waals surface area (Å²) in [6.45, 7) is 7.65. The number of ether oxygens (including phenoxy) is 1. The molecule has 216 valence electrons. The molecule has 0 aromatic heterocycles. The van der Waals surface area contributed by atoms with Crippen molar-refractivity contribution in [3.8, 4) is 0 Å². The van der Waals surface area contributed by atoms with Gasteiger partial charge in [0.15, 0.2) is 0 Å². The number of benzene rings is 2. The van der Waals surface area contributed by atoms with Gasteiger partial charge < -0.3 is 19.6 Å². The van der Waals surface area contributed by atoms with E-state index < -0.39 is 34.6 Å². The Morgan fingerprint density at radius 1 is 1.17 bits per heavy atom. The first kappa shape index (κ1) is 29.4. The summed E-state index contributed by atoms with van der Waals surface area (Å²) in [7, 11) is 0. The Labute approximate surface area is 250 Å². The molecule has 2 bridgehead atoms. The molecule has 2 unspecified atom stereocenters. The van der Waals surface area contributed by atoms with Gasteiger partial charge in [0, 0.05) is 22.5 Å². The average Bonchev–Trinajstić information content (AvgIpc) is 3.63. The summed E-state index contributed by atoms with van der Waals surface area (Å²) in [5.41, 5.74) is 1.58. The minimum Gasteiger partial charge on any atom is -0.465 e. The van der Waals surface area contributed by atoms with Gasteiger partial charge in [-0.05, 0) is 55.5 Å². The minimum absolute atomic E-state index is 0.109. The van der Waals surface area contributed by atoms with E-state index in [4.69, 9.17) is 16.3 Å². The maximum absolute atomic E-state index is 14.7. The van der Waals surface area contributed by atoms with Gasteiger partial charge in [0.1, 0.15) is 6.04 Å². The molecule has 0 saturated carbocycles. The van der Waals surface area contributed by atoms with Crippen LogP contribution < -0.4 is 4.90 Å². The SMILES string of the molecule is C=CCCOC(=O)[C@@H]1[C@@H]2CCC3(S2)C(C(=O)N(CC=C)c2ccc(Cl)cc2)N([C@@H](CO)Cc2ccccc2)C(=O)[C@H]13. The lowest BCUT2D eigenvalue weighted by atomic mass is 9.71. The van der Waals surface area contributed by atoms with Gasteiger partial charge in [-0.15, -0.1) is 24.9 Å². The standard InChI is InChI=1S/C32H35ClN2O5S/c1-3-5-18-40-31(39)26-25-15-16-32(41-25)27(26)29(37)35(24(20-36)19-21-9-7-6-8-10-21)28(32)30(38)34(17-4-2)23-13-11-22(33)12-14-23/h3-4,6-14,24-28,36H,1-2,5,15-20H2/t24-,25+,26-,27+,28?,32?/m1/s1. The fourth-order valence-corrected chi connectivity index (χ4v) is 9.04. The van der Waals surface area contributed by atoms with Crippen molar-refractivity contribution >= 4 is 46.8 Å². The van der Waals surface area contributed by atoms with Crippen molar-refractivity contribution < 1.29 is 24.2 Å². The van der Waals surface area contributed by atoms with Gasteiger partial charge in [0.05, 0.1) is 35.8 Å². The van der Waals surface area contributed by atoms with Crippen LogP contribution in [0.2, 0.25) is 5.02 Å². The summed E-state index contributed by atoms with van der Waals surface area (Å²) >= 11 is 7.71. The molecule has 3 aliphatic rings. The number of aliphatic hydroxyl groups is 1. The van der Waals surface area contributed by atoms with Crippen molar-refractivity contribution in [2.75, 3.05) is 24.7 Å². The number of amides is 2. The fraction of sp³-hybridized carbons (Fsp3) is 0.406. The smallest absolute Gasteiger partial charge is 0.310 e. The lowest BCUT2D eigenvalue weighted by Crippen LogP contribution is -2.58. The Morgan fingerprint density at radius 3 is 2.56 bits per heavy atom. The van der Waals surface area contributed by atoms with Crippen LogP contribution in [0.25, 0.3) is 0 Å². The van der Waals surface area contributed by atoms with Crippen molar-refractivity contribution in [1.29, 1.82) is 0 Å². The van der Waals surface area contributed by atoms with Gasteiger partial charge in [-0.3, -0.25) is 14.4 Å². The van der Waals surface area contributed by atoms with E-state index >= 15 is 0 Å². The van der Waals surface area contributed by atoms with Crippen LogP contribution in [0.15, 0.2) is 79.9 Å². The van der Waals surface area contributed by atoms with Crippen molar-refractivity contribution in [1.82, 2.24) is 4.90 Å². The Kier molecular flexibility index (Phi) is 8.92. The van der Waals surface area contributed by atoms with E-state index in [-0.39, 0.29) is 36.8 Å². The normalized spacial score (nSPS) is 26.9. The van der Waals surface area contributed by atoms with Crippen LogP contribution in [0.3, 0.4) is 0 Å². The number of rotatable bonds is 12. The third kappa shape index (κ3) is 5.33. The maximum Gasteiger partial charge on any atom is 0.310 e. The Bertz CT molecular complexity index is 1300. The second-order valence-corrected chi connectivity index (χ2v) is 12.8. The van der Waals surface area contributed by atoms with Gasteiger partial charge in [0.2, 0.25) is 5.91 Å². The number of carbonyl (C=O) groups is 3. The van der Waals surface area contributed by atoms with Crippen molar-refractivity contribution in [3.63, 3.8) is 0 Å². The molecule has 3 heterocycles. The summed E-state index contributed by atoms with van der Waals surface area (Å²) < 4.78 is 4.78. The third-order valence-corrected chi connectivity index (χ3v) is 10.6. The zero-order valence-electron chi connectivity index (χ0n) is 22.9. The van der Waals surface area contributed by atoms with Crippen LogP contribution in [0.4, 0.5) is 5.69 Å². The maximum atomic E-state index is 14.7. The number of nitrogens with zero attached hydrogens (tertiary/aromatic N) is 2. The van der Waals surface area contributed by atoms with Crippen LogP contribution in [0.5, 0.6) is 0 Å². The van der Waals surface area contributed by atoms with E-state index in [0.717, 1.165) is 5.56 Å². The molecule has 0 aliphatic carbocycles. The molecule has 3 aliphatic heterocycles. The molecule has 1 N–H and O–H groups in total. The third-order valence-electron chi connectivity index (χ3n) is 8.44. The number of hydrogen-bond acceptors (Lipinski definition) is 6. The van der Waals surface area contributed by atoms with Crippen LogP contribution >= 0.6 is 23.4 Å². The van der Waals surface area contributed by atoms with E-state index in [1.54, 1.807) is 58.0 Å². The summed E-state index contributed by atoms with van der Waals surface area (Å²) in [5, 5.41) is 11.1. The summed E-state index contributed by atoms with van der Waals surface area (Å²) in [4.78, 5) is 45.7. The molecule has 0 radical (unpaired) electrons. The minimum atomic E-state index is -0.877. The van der Waals surface area contributed by atoms with Gasteiger partial charge in [0.25, 0.3) is 5.91 Å². The summed E-state index contributed by atoms with van der Waals surface area (Å²) in [6.07, 6.45) is 5.55. The number of anilines is 1. The zero-order chi connectivity index (χ0) is 29.1. The van der Waals surface area contributed by atoms with E-state index in [2.05, 4.69) is 13.2 Å². The van der Waals surface area contributed by atoms with Crippen LogP contribution in [0, 0.1) is 11.8 Å². The zero-order valence-corrected chi connectivity index (χ0v) is 24.4. The summed E-state index contributed by atoms with van der Waals surface area (Å²) in [5.74, 6) is -2.29. The molecule has 6 atom stereocenters. The molecule has 9 heteroatoms. The first-order valence-electron chi connectivity index (χ1n) is 14.0. The van der Waals surface area contributed by atoms with Crippen LogP contribution in [-0.4, -0.2) is 69.6 Å². The molecule has 3 fully saturated rings. The van der Waals surface area contributed by atoms with Gasteiger partial charge >= 0.3 is 5.97 Å². The topological polar surface area (TPSA) is 87.2 Å². The fourth-order valence-electron chi connectivity index (χ4n) is 6.73. The number of aliphatic hydroxyl groups excluding tert-OH is 1. The van der Waals surface area contributed by atoms with Crippen LogP contribution in [-0.2, 0) is 25.5 Å². The van der Waals surface area contributed by atoms with Crippen molar-refractivity contribution in [2.45, 2.75) is 47.8 Å². The quantitative estimate of drug-likeness (QED) is 0.218. The van der Waals surface area contributed by atoms with Crippen LogP contribution in [0.1, 0.15) is 24.8 Å². The second-order valence-electron chi connectivity index (χ2n) is 10.8. The number of fused-ring (bicyclic) bond motifs is 1. The largest absolute Gasteiger partial charge is 0.465 e. The van der Waals surface area contributed by atoms with Gasteiger partial charge in [-0.1, -0.05) is 54.1 Å². The van der Waals surface area contributed by atoms with E-state index in [1.807, 2.05) is 30.3 Å². The molecular formula is C32H35ClN2O5S. The predicted molar refractivity (Wildman–Crippen MR) is 162 cm³/mol. The van der Waals surface area contributed by atoms with Crippen molar-refractivity contribution in [2.24, 2.45) is 11.8 Å². The molecule has 3 saturated heterocycles. The van der Waals surface area contributed by atoms with Crippen molar-refractivity contribution in [3.05, 3.63) is 90.5 Å². The van der Waals surface area contributed by atoms with E-state index in [9.17, 15) is 19.5 Å². The number of hydrogen-bond donors (Lipinski definition) is 1. The Morgan fingerprint density at radius 2 is 1.90 bits per heavy atom. The Hall–Kier alpha value is -3.07. The molecule has 1 spiro atoms. The molecule has 2 amide bonds. The highest BCUT2D eigenvalue weighted by Gasteiger charge is 2.74. The molecule has 41 heavy (non-hydrogen) atoms. The second kappa shape index (κ2) is 12.4. The monoisotopic (exact) mass is 594 g/mol. The molecule has 5 rings (SSSR count). The highest BCUT2D eigenvalue weighted by molar-refractivity contribution is 8.02. The molecular weight excluding hydrogens is 560 g/mol. The van der Waals surface area contributed by atoms with Gasteiger partial charge in [-0.25, -0.2) is 0 Å². The first-order chi connectivity index (χ1) is 19.9. The Balaban J connectivity index is 1.57. The van der Waals surface area contributed by atoms with E-state index in [0.29, 0.717) is 36.4 Å². The number of thioether (sulfide) groups is 1. The number of likely N-dealkylation sites (tertiary alicyclic amines) is 1. The molecule has 7 nitrogen and oxygen atoms in total. The first-order valence-corrected chi connectivity index (χ1v) is 15.2. The average molecular weight is 595 g/mol. The summed E-state index contributed by atoms with van der Waals surface area (Å²) in [6, 6.07) is 15.1. The number of carbonyl (C=O) groups excluding carboxylic acids is 3. The number of halogens is 1. The molecule has 2 aromatic carbocycles. The lowest BCUT2D eigenvalue weighted by Gasteiger charge is -2.39. The van der Waals surface area contributed by atoms with Gasteiger partial charge in [-0.2, -0.15) is 0 Å². The lowest BCUT2D eigenvalue weighted by molar-refractivity contribution is -0.154. The molecule has 2 aromatic rings. The highest BCUT2D eigenvalue weighted by atomic mass is 35.5. The predicted octanol–water partition coefficient (Wildman–Crippen LogP) is 4.67. The highest BCUT2D eigenvalue weighted by Crippen LogP contribution is 2.67. The number of esters is 1.